The van der Waals surface area contributed by atoms with Crippen molar-refractivity contribution in [3.63, 3.8) is 0 Å². The average molecular weight is 308 g/mol. The normalized spacial score (nSPS) is 13.3. The molecule has 1 aliphatic carbocycles. The summed E-state index contributed by atoms with van der Waals surface area (Å²) in [4.78, 5) is 9.30. The highest BCUT2D eigenvalue weighted by molar-refractivity contribution is 6.38. The van der Waals surface area contributed by atoms with Crippen molar-refractivity contribution in [2.45, 2.75) is 26.2 Å². The number of hydrogen-bond donors (Lipinski definition) is 1. The van der Waals surface area contributed by atoms with Gasteiger partial charge < -0.3 is 5.32 Å². The smallest absolute Gasteiger partial charge is 0.164 e. The zero-order chi connectivity index (χ0) is 14.1. The van der Waals surface area contributed by atoms with Gasteiger partial charge >= 0.3 is 0 Å². The molecule has 2 aromatic rings. The zero-order valence-electron chi connectivity index (χ0n) is 11.2. The molecule has 0 saturated carbocycles. The van der Waals surface area contributed by atoms with E-state index in [1.165, 1.54) is 5.56 Å². The van der Waals surface area contributed by atoms with Crippen molar-refractivity contribution in [2.75, 3.05) is 11.9 Å². The van der Waals surface area contributed by atoms with Crippen LogP contribution >= 0.6 is 23.2 Å². The SMILES string of the molecule is CCNc1nc(-c2c(Cl)cccc2Cl)nc2c1CCC2. The Morgan fingerprint density at radius 1 is 1.15 bits per heavy atom. The molecule has 0 atom stereocenters. The highest BCUT2D eigenvalue weighted by atomic mass is 35.5. The molecule has 1 N–H and O–H groups in total. The van der Waals surface area contributed by atoms with E-state index in [0.29, 0.717) is 21.4 Å². The molecular weight excluding hydrogens is 293 g/mol. The molecule has 0 radical (unpaired) electrons. The van der Waals surface area contributed by atoms with Gasteiger partial charge in [-0.2, -0.15) is 0 Å². The summed E-state index contributed by atoms with van der Waals surface area (Å²) in [6.07, 6.45) is 3.15. The van der Waals surface area contributed by atoms with Gasteiger partial charge in [-0.05, 0) is 38.3 Å². The minimum atomic E-state index is 0.581. The predicted octanol–water partition coefficient (Wildman–Crippen LogP) is 4.37. The lowest BCUT2D eigenvalue weighted by molar-refractivity contribution is 0.900. The molecule has 0 amide bonds. The molecule has 1 aromatic heterocycles. The second-order valence-electron chi connectivity index (χ2n) is 4.80. The largest absolute Gasteiger partial charge is 0.370 e. The highest BCUT2D eigenvalue weighted by Gasteiger charge is 2.21. The van der Waals surface area contributed by atoms with Gasteiger partial charge in [-0.25, -0.2) is 9.97 Å². The number of nitrogens with zero attached hydrogens (tertiary/aromatic N) is 2. The van der Waals surface area contributed by atoms with Crippen LogP contribution in [0.15, 0.2) is 18.2 Å². The van der Waals surface area contributed by atoms with E-state index in [9.17, 15) is 0 Å². The average Bonchev–Trinajstić information content (AvgIpc) is 2.87. The number of rotatable bonds is 3. The Morgan fingerprint density at radius 2 is 1.90 bits per heavy atom. The van der Waals surface area contributed by atoms with Crippen molar-refractivity contribution in [3.05, 3.63) is 39.5 Å². The van der Waals surface area contributed by atoms with E-state index in [4.69, 9.17) is 23.2 Å². The summed E-state index contributed by atoms with van der Waals surface area (Å²) in [5.74, 6) is 1.53. The maximum absolute atomic E-state index is 6.26. The number of benzene rings is 1. The van der Waals surface area contributed by atoms with E-state index < -0.39 is 0 Å². The molecule has 3 rings (SSSR count). The number of hydrogen-bond acceptors (Lipinski definition) is 3. The summed E-state index contributed by atoms with van der Waals surface area (Å²) in [6, 6.07) is 5.45. The molecule has 0 fully saturated rings. The van der Waals surface area contributed by atoms with Crippen molar-refractivity contribution in [3.8, 4) is 11.4 Å². The molecule has 1 heterocycles. The quantitative estimate of drug-likeness (QED) is 0.915. The summed E-state index contributed by atoms with van der Waals surface area (Å²) in [5, 5.41) is 4.48. The molecule has 104 valence electrons. The molecule has 0 spiro atoms. The third-order valence-corrected chi connectivity index (χ3v) is 4.09. The van der Waals surface area contributed by atoms with E-state index in [0.717, 1.165) is 37.3 Å². The Balaban J connectivity index is 2.17. The van der Waals surface area contributed by atoms with Crippen LogP contribution in [0.1, 0.15) is 24.6 Å². The highest BCUT2D eigenvalue weighted by Crippen LogP contribution is 2.35. The van der Waals surface area contributed by atoms with Gasteiger partial charge in [0.25, 0.3) is 0 Å². The first kappa shape index (κ1) is 13.7. The standard InChI is InChI=1S/C15H15Cl2N3/c1-2-18-14-9-5-3-8-12(9)19-15(20-14)13-10(16)6-4-7-11(13)17/h4,6-7H,2-3,5,8H2,1H3,(H,18,19,20). The summed E-state index contributed by atoms with van der Waals surface area (Å²) >= 11 is 12.5. The molecule has 20 heavy (non-hydrogen) atoms. The number of fused-ring (bicyclic) bond motifs is 1. The second-order valence-corrected chi connectivity index (χ2v) is 5.62. The first-order valence-electron chi connectivity index (χ1n) is 6.78. The molecule has 1 aromatic carbocycles. The van der Waals surface area contributed by atoms with E-state index in [2.05, 4.69) is 22.2 Å². The second kappa shape index (κ2) is 5.58. The molecule has 0 saturated heterocycles. The Morgan fingerprint density at radius 3 is 2.60 bits per heavy atom. The van der Waals surface area contributed by atoms with E-state index in [1.54, 1.807) is 0 Å². The Hall–Kier alpha value is -1.32. The molecule has 0 bridgehead atoms. The van der Waals surface area contributed by atoms with Crippen molar-refractivity contribution < 1.29 is 0 Å². The van der Waals surface area contributed by atoms with Crippen LogP contribution in [0.5, 0.6) is 0 Å². The van der Waals surface area contributed by atoms with Crippen LogP contribution in [0.3, 0.4) is 0 Å². The fraction of sp³-hybridized carbons (Fsp3) is 0.333. The van der Waals surface area contributed by atoms with Gasteiger partial charge in [0.1, 0.15) is 5.82 Å². The maximum atomic E-state index is 6.26. The van der Waals surface area contributed by atoms with Gasteiger partial charge in [0, 0.05) is 17.8 Å². The number of aryl methyl sites for hydroxylation is 1. The van der Waals surface area contributed by atoms with Gasteiger partial charge in [-0.3, -0.25) is 0 Å². The van der Waals surface area contributed by atoms with Crippen LogP contribution in [-0.2, 0) is 12.8 Å². The maximum Gasteiger partial charge on any atom is 0.164 e. The van der Waals surface area contributed by atoms with Crippen molar-refractivity contribution in [1.82, 2.24) is 9.97 Å². The monoisotopic (exact) mass is 307 g/mol. The number of nitrogens with one attached hydrogen (secondary N) is 1. The van der Waals surface area contributed by atoms with E-state index >= 15 is 0 Å². The van der Waals surface area contributed by atoms with Gasteiger partial charge in [0.05, 0.1) is 15.6 Å². The van der Waals surface area contributed by atoms with Crippen molar-refractivity contribution >= 4 is 29.0 Å². The van der Waals surface area contributed by atoms with E-state index in [1.807, 2.05) is 18.2 Å². The topological polar surface area (TPSA) is 37.8 Å². The Kier molecular flexibility index (Phi) is 3.81. The summed E-state index contributed by atoms with van der Waals surface area (Å²) in [6.45, 7) is 2.89. The Labute approximate surface area is 128 Å². The first-order valence-corrected chi connectivity index (χ1v) is 7.54. The van der Waals surface area contributed by atoms with Gasteiger partial charge in [0.2, 0.25) is 0 Å². The lowest BCUT2D eigenvalue weighted by atomic mass is 10.1. The molecule has 5 heteroatoms. The van der Waals surface area contributed by atoms with Crippen LogP contribution in [0.25, 0.3) is 11.4 Å². The third-order valence-electron chi connectivity index (χ3n) is 3.46. The van der Waals surface area contributed by atoms with Gasteiger partial charge in [-0.1, -0.05) is 29.3 Å². The molecular formula is C15H15Cl2N3. The number of aromatic nitrogens is 2. The number of anilines is 1. The molecule has 1 aliphatic rings. The van der Waals surface area contributed by atoms with Crippen LogP contribution < -0.4 is 5.32 Å². The third kappa shape index (κ3) is 2.36. The van der Waals surface area contributed by atoms with Crippen LogP contribution in [0.4, 0.5) is 5.82 Å². The first-order chi connectivity index (χ1) is 9.70. The molecule has 0 aliphatic heterocycles. The summed E-state index contributed by atoms with van der Waals surface area (Å²) in [7, 11) is 0. The Bertz CT molecular complexity index is 636. The van der Waals surface area contributed by atoms with Crippen molar-refractivity contribution in [2.24, 2.45) is 0 Å². The zero-order valence-corrected chi connectivity index (χ0v) is 12.7. The van der Waals surface area contributed by atoms with Crippen molar-refractivity contribution in [1.29, 1.82) is 0 Å². The molecule has 3 nitrogen and oxygen atoms in total. The molecule has 0 unspecified atom stereocenters. The minimum absolute atomic E-state index is 0.581. The fourth-order valence-corrected chi connectivity index (χ4v) is 3.14. The summed E-state index contributed by atoms with van der Waals surface area (Å²) in [5.41, 5.74) is 3.06. The van der Waals surface area contributed by atoms with Gasteiger partial charge in [0.15, 0.2) is 5.82 Å². The minimum Gasteiger partial charge on any atom is -0.370 e. The predicted molar refractivity (Wildman–Crippen MR) is 83.7 cm³/mol. The van der Waals surface area contributed by atoms with Crippen LogP contribution in [-0.4, -0.2) is 16.5 Å². The van der Waals surface area contributed by atoms with Gasteiger partial charge in [-0.15, -0.1) is 0 Å². The lowest BCUT2D eigenvalue weighted by Gasteiger charge is -2.12. The fourth-order valence-electron chi connectivity index (χ4n) is 2.57. The van der Waals surface area contributed by atoms with Crippen LogP contribution in [0.2, 0.25) is 10.0 Å². The van der Waals surface area contributed by atoms with E-state index in [-0.39, 0.29) is 0 Å². The number of halogens is 2. The summed E-state index contributed by atoms with van der Waals surface area (Å²) < 4.78 is 0. The van der Waals surface area contributed by atoms with Crippen LogP contribution in [0, 0.1) is 0 Å². The lowest BCUT2D eigenvalue weighted by Crippen LogP contribution is -2.07.